The van der Waals surface area contributed by atoms with Crippen LogP contribution in [0.25, 0.3) is 5.78 Å². The van der Waals surface area contributed by atoms with E-state index >= 15 is 0 Å². The first-order chi connectivity index (χ1) is 11.1. The van der Waals surface area contributed by atoms with Gasteiger partial charge in [0, 0.05) is 11.9 Å². The van der Waals surface area contributed by atoms with Crippen molar-refractivity contribution in [2.45, 2.75) is 12.1 Å². The number of carbonyl (C=O) groups is 1. The third-order valence-electron chi connectivity index (χ3n) is 3.36. The summed E-state index contributed by atoms with van der Waals surface area (Å²) >= 11 is 1.43. The quantitative estimate of drug-likeness (QED) is 0.740. The lowest BCUT2D eigenvalue weighted by Gasteiger charge is -2.08. The van der Waals surface area contributed by atoms with Crippen molar-refractivity contribution in [3.63, 3.8) is 0 Å². The van der Waals surface area contributed by atoms with Crippen LogP contribution in [-0.2, 0) is 0 Å². The number of nitrogens with zero attached hydrogens (tertiary/aromatic N) is 4. The number of methoxy groups -OCH3 is 1. The number of rotatable bonds is 4. The van der Waals surface area contributed by atoms with E-state index in [0.717, 1.165) is 5.75 Å². The Labute approximate surface area is 137 Å². The van der Waals surface area contributed by atoms with Crippen LogP contribution in [0.15, 0.2) is 35.6 Å². The third kappa shape index (κ3) is 2.98. The summed E-state index contributed by atoms with van der Waals surface area (Å²) in [4.78, 5) is 20.9. The Morgan fingerprint density at radius 3 is 2.70 bits per heavy atom. The number of carbonyl (C=O) groups excluding carboxylic acids is 1. The van der Waals surface area contributed by atoms with Gasteiger partial charge in [0.25, 0.3) is 11.7 Å². The summed E-state index contributed by atoms with van der Waals surface area (Å²) in [7, 11) is 1.60. The zero-order chi connectivity index (χ0) is 16.4. The largest absolute Gasteiger partial charge is 0.497 e. The summed E-state index contributed by atoms with van der Waals surface area (Å²) in [5, 5.41) is 7.77. The zero-order valence-corrected chi connectivity index (χ0v) is 13.7. The molecule has 1 amide bonds. The molecule has 8 heteroatoms. The Morgan fingerprint density at radius 1 is 1.30 bits per heavy atom. The molecule has 1 aromatic carbocycles. The van der Waals surface area contributed by atoms with Crippen LogP contribution >= 0.6 is 11.8 Å². The van der Waals surface area contributed by atoms with Crippen LogP contribution in [0.5, 0.6) is 5.75 Å². The van der Waals surface area contributed by atoms with Gasteiger partial charge in [-0.1, -0.05) is 11.8 Å². The van der Waals surface area contributed by atoms with E-state index in [2.05, 4.69) is 20.4 Å². The number of nitrogens with one attached hydrogen (secondary N) is 1. The van der Waals surface area contributed by atoms with Gasteiger partial charge in [0.15, 0.2) is 0 Å². The van der Waals surface area contributed by atoms with Crippen molar-refractivity contribution >= 4 is 29.1 Å². The molecule has 118 valence electrons. The molecule has 3 rings (SSSR count). The van der Waals surface area contributed by atoms with E-state index in [-0.39, 0.29) is 5.91 Å². The van der Waals surface area contributed by atoms with Gasteiger partial charge in [0.05, 0.1) is 18.4 Å². The van der Waals surface area contributed by atoms with Crippen molar-refractivity contribution in [1.29, 1.82) is 0 Å². The molecule has 3 aromatic rings. The fraction of sp³-hybridized carbons (Fsp3) is 0.200. The zero-order valence-electron chi connectivity index (χ0n) is 12.9. The molecule has 0 fully saturated rings. The second-order valence-electron chi connectivity index (χ2n) is 4.75. The van der Waals surface area contributed by atoms with E-state index in [0.29, 0.717) is 27.9 Å². The number of thioether (sulfide) groups is 1. The van der Waals surface area contributed by atoms with Gasteiger partial charge in [-0.2, -0.15) is 9.50 Å². The van der Waals surface area contributed by atoms with Crippen LogP contribution < -0.4 is 10.1 Å². The Hall–Kier alpha value is -2.61. The van der Waals surface area contributed by atoms with E-state index in [4.69, 9.17) is 4.74 Å². The first-order valence-corrected chi connectivity index (χ1v) is 8.06. The molecule has 0 saturated carbocycles. The lowest BCUT2D eigenvalue weighted by molar-refractivity contribution is 0.102. The summed E-state index contributed by atoms with van der Waals surface area (Å²) in [6, 6.07) is 7.12. The summed E-state index contributed by atoms with van der Waals surface area (Å²) in [5.74, 6) is 0.964. The molecule has 23 heavy (non-hydrogen) atoms. The van der Waals surface area contributed by atoms with Crippen LogP contribution in [-0.4, -0.2) is 38.9 Å². The molecule has 0 aliphatic heterocycles. The first-order valence-electron chi connectivity index (χ1n) is 6.84. The SMILES string of the molecule is COc1ccc(NC(=O)c2cnc3nc(SC)nn3c2C)cc1. The Kier molecular flexibility index (Phi) is 4.16. The number of hydrogen-bond acceptors (Lipinski definition) is 6. The molecule has 0 spiro atoms. The number of fused-ring (bicyclic) bond motifs is 1. The maximum atomic E-state index is 12.5. The highest BCUT2D eigenvalue weighted by Gasteiger charge is 2.15. The lowest BCUT2D eigenvalue weighted by Crippen LogP contribution is -2.16. The topological polar surface area (TPSA) is 81.4 Å². The molecule has 0 aliphatic carbocycles. The summed E-state index contributed by atoms with van der Waals surface area (Å²) < 4.78 is 6.67. The lowest BCUT2D eigenvalue weighted by atomic mass is 10.2. The molecule has 7 nitrogen and oxygen atoms in total. The smallest absolute Gasteiger partial charge is 0.259 e. The third-order valence-corrected chi connectivity index (χ3v) is 3.90. The van der Waals surface area contributed by atoms with E-state index in [9.17, 15) is 4.79 Å². The Morgan fingerprint density at radius 2 is 2.04 bits per heavy atom. The molecule has 2 aromatic heterocycles. The van der Waals surface area contributed by atoms with E-state index in [1.165, 1.54) is 18.0 Å². The van der Waals surface area contributed by atoms with Crippen molar-refractivity contribution in [2.24, 2.45) is 0 Å². The number of aryl methyl sites for hydroxylation is 1. The standard InChI is InChI=1S/C15H15N5O2S/c1-9-12(8-16-14-18-15(23-3)19-20(9)14)13(21)17-10-4-6-11(22-2)7-5-10/h4-8H,1-3H3,(H,17,21). The van der Waals surface area contributed by atoms with Gasteiger partial charge in [-0.15, -0.1) is 5.10 Å². The van der Waals surface area contributed by atoms with Crippen LogP contribution in [0, 0.1) is 6.92 Å². The molecule has 0 atom stereocenters. The van der Waals surface area contributed by atoms with Crippen LogP contribution in [0.4, 0.5) is 5.69 Å². The second kappa shape index (κ2) is 6.25. The molecule has 0 saturated heterocycles. The maximum Gasteiger partial charge on any atom is 0.259 e. The number of anilines is 1. The average Bonchev–Trinajstić information content (AvgIpc) is 3.00. The predicted octanol–water partition coefficient (Wildman–Crippen LogP) is 2.42. The number of benzene rings is 1. The van der Waals surface area contributed by atoms with Crippen molar-refractivity contribution in [3.8, 4) is 5.75 Å². The molecule has 0 aliphatic rings. The summed E-state index contributed by atoms with van der Waals surface area (Å²) in [6.45, 7) is 1.82. The van der Waals surface area contributed by atoms with E-state index < -0.39 is 0 Å². The Balaban J connectivity index is 1.89. The fourth-order valence-corrected chi connectivity index (χ4v) is 2.44. The minimum Gasteiger partial charge on any atom is -0.497 e. The van der Waals surface area contributed by atoms with Gasteiger partial charge >= 0.3 is 0 Å². The van der Waals surface area contributed by atoms with Crippen molar-refractivity contribution < 1.29 is 9.53 Å². The number of amides is 1. The van der Waals surface area contributed by atoms with Gasteiger partial charge in [-0.25, -0.2) is 4.98 Å². The van der Waals surface area contributed by atoms with E-state index in [1.54, 1.807) is 35.9 Å². The number of aromatic nitrogens is 4. The van der Waals surface area contributed by atoms with Gasteiger partial charge < -0.3 is 10.1 Å². The summed E-state index contributed by atoms with van der Waals surface area (Å²) in [6.07, 6.45) is 3.41. The highest BCUT2D eigenvalue weighted by atomic mass is 32.2. The average molecular weight is 329 g/mol. The maximum absolute atomic E-state index is 12.5. The number of ether oxygens (including phenoxy) is 1. The van der Waals surface area contributed by atoms with Crippen molar-refractivity contribution in [1.82, 2.24) is 19.6 Å². The molecule has 0 bridgehead atoms. The normalized spacial score (nSPS) is 10.7. The van der Waals surface area contributed by atoms with Gasteiger partial charge in [0.2, 0.25) is 5.16 Å². The molecular weight excluding hydrogens is 314 g/mol. The van der Waals surface area contributed by atoms with E-state index in [1.807, 2.05) is 13.2 Å². The number of hydrogen-bond donors (Lipinski definition) is 1. The minimum absolute atomic E-state index is 0.247. The van der Waals surface area contributed by atoms with Gasteiger partial charge in [0.1, 0.15) is 5.75 Å². The predicted molar refractivity (Wildman–Crippen MR) is 88.2 cm³/mol. The highest BCUT2D eigenvalue weighted by molar-refractivity contribution is 7.98. The molecule has 0 unspecified atom stereocenters. The van der Waals surface area contributed by atoms with Gasteiger partial charge in [-0.05, 0) is 37.4 Å². The summed E-state index contributed by atoms with van der Waals surface area (Å²) in [5.41, 5.74) is 1.82. The molecule has 0 radical (unpaired) electrons. The van der Waals surface area contributed by atoms with Gasteiger partial charge in [-0.3, -0.25) is 4.79 Å². The van der Waals surface area contributed by atoms with Crippen molar-refractivity contribution in [3.05, 3.63) is 41.7 Å². The minimum atomic E-state index is -0.247. The second-order valence-corrected chi connectivity index (χ2v) is 5.52. The molecular formula is C15H15N5O2S. The van der Waals surface area contributed by atoms with Crippen LogP contribution in [0.3, 0.4) is 0 Å². The first kappa shape index (κ1) is 15.3. The molecule has 1 N–H and O–H groups in total. The molecule has 2 heterocycles. The fourth-order valence-electron chi connectivity index (χ4n) is 2.11. The van der Waals surface area contributed by atoms with Crippen LogP contribution in [0.1, 0.15) is 16.1 Å². The Bertz CT molecular complexity index is 860. The monoisotopic (exact) mass is 329 g/mol. The van der Waals surface area contributed by atoms with Crippen LogP contribution in [0.2, 0.25) is 0 Å². The highest BCUT2D eigenvalue weighted by Crippen LogP contribution is 2.17. The van der Waals surface area contributed by atoms with Crippen molar-refractivity contribution in [2.75, 3.05) is 18.7 Å².